The van der Waals surface area contributed by atoms with Crippen molar-refractivity contribution >= 4 is 50.4 Å². The van der Waals surface area contributed by atoms with Crippen molar-refractivity contribution < 1.29 is 14.7 Å². The van der Waals surface area contributed by atoms with Gasteiger partial charge in [0.2, 0.25) is 5.91 Å². The van der Waals surface area contributed by atoms with Crippen LogP contribution in [0.5, 0.6) is 0 Å². The third-order valence-electron chi connectivity index (χ3n) is 2.58. The molecule has 1 atom stereocenters. The highest BCUT2D eigenvalue weighted by Crippen LogP contribution is 2.28. The van der Waals surface area contributed by atoms with E-state index in [2.05, 4.69) is 20.9 Å². The molecule has 7 heteroatoms. The number of rotatable bonds is 2. The van der Waals surface area contributed by atoms with Crippen LogP contribution in [-0.4, -0.2) is 34.2 Å². The van der Waals surface area contributed by atoms with Crippen molar-refractivity contribution in [2.45, 2.75) is 11.7 Å². The van der Waals surface area contributed by atoms with E-state index in [4.69, 9.17) is 0 Å². The second-order valence-electron chi connectivity index (χ2n) is 3.95. The Morgan fingerprint density at radius 1 is 1.47 bits per heavy atom. The summed E-state index contributed by atoms with van der Waals surface area (Å²) in [6.07, 6.45) is -0.0666. The largest absolute Gasteiger partial charge is 0.549 e. The molecule has 5 nitrogen and oxygen atoms in total. The number of hydrogen-bond donors (Lipinski definition) is 0. The number of carboxylic acid groups (broad SMARTS) is 1. The normalized spacial score (nSPS) is 21.8. The zero-order chi connectivity index (χ0) is 14.0. The maximum atomic E-state index is 11.7. The molecule has 1 heterocycles. The van der Waals surface area contributed by atoms with Gasteiger partial charge in [0, 0.05) is 17.9 Å². The number of carboxylic acids is 1. The SMILES string of the molecule is CN1C(=O)C[C@H](C(=O)[O-])SC1=Nc1ccc(Br)cc1. The lowest BCUT2D eigenvalue weighted by atomic mass is 10.3. The summed E-state index contributed by atoms with van der Waals surface area (Å²) < 4.78 is 0.921. The van der Waals surface area contributed by atoms with Crippen molar-refractivity contribution in [3.05, 3.63) is 28.7 Å². The van der Waals surface area contributed by atoms with E-state index in [-0.39, 0.29) is 12.3 Å². The van der Waals surface area contributed by atoms with Gasteiger partial charge in [-0.2, -0.15) is 0 Å². The minimum Gasteiger partial charge on any atom is -0.549 e. The van der Waals surface area contributed by atoms with Gasteiger partial charge in [0.25, 0.3) is 0 Å². The Labute approximate surface area is 122 Å². The molecule has 1 amide bonds. The van der Waals surface area contributed by atoms with E-state index >= 15 is 0 Å². The van der Waals surface area contributed by atoms with Gasteiger partial charge in [-0.1, -0.05) is 27.7 Å². The molecule has 100 valence electrons. The molecule has 1 aromatic rings. The van der Waals surface area contributed by atoms with Crippen LogP contribution in [0.1, 0.15) is 6.42 Å². The summed E-state index contributed by atoms with van der Waals surface area (Å²) in [4.78, 5) is 28.2. The van der Waals surface area contributed by atoms with Crippen LogP contribution in [0.2, 0.25) is 0 Å². The highest BCUT2D eigenvalue weighted by Gasteiger charge is 2.30. The molecule has 0 N–H and O–H groups in total. The predicted molar refractivity (Wildman–Crippen MR) is 75.0 cm³/mol. The fourth-order valence-electron chi connectivity index (χ4n) is 1.51. The van der Waals surface area contributed by atoms with Gasteiger partial charge in [-0.05, 0) is 24.3 Å². The summed E-state index contributed by atoms with van der Waals surface area (Å²) in [6, 6.07) is 7.20. The molecule has 0 aromatic heterocycles. The van der Waals surface area contributed by atoms with E-state index in [1.165, 1.54) is 4.90 Å². The van der Waals surface area contributed by atoms with Gasteiger partial charge >= 0.3 is 0 Å². The number of hydrogen-bond acceptors (Lipinski definition) is 5. The minimum atomic E-state index is -1.24. The van der Waals surface area contributed by atoms with Crippen LogP contribution in [0.15, 0.2) is 33.7 Å². The molecule has 1 aromatic carbocycles. The Bertz CT molecular complexity index is 544. The van der Waals surface area contributed by atoms with Crippen LogP contribution >= 0.6 is 27.7 Å². The third-order valence-corrected chi connectivity index (χ3v) is 4.33. The summed E-state index contributed by atoms with van der Waals surface area (Å²) in [5, 5.41) is 10.4. The molecular weight excluding hydrogens is 332 g/mol. The Morgan fingerprint density at radius 3 is 2.68 bits per heavy atom. The van der Waals surface area contributed by atoms with Crippen LogP contribution in [0.4, 0.5) is 5.69 Å². The Morgan fingerprint density at radius 2 is 2.11 bits per heavy atom. The van der Waals surface area contributed by atoms with Crippen LogP contribution in [0.25, 0.3) is 0 Å². The van der Waals surface area contributed by atoms with E-state index in [0.717, 1.165) is 16.2 Å². The second kappa shape index (κ2) is 5.75. The summed E-state index contributed by atoms with van der Waals surface area (Å²) in [7, 11) is 1.58. The molecule has 19 heavy (non-hydrogen) atoms. The standard InChI is InChI=1S/C12H11BrN2O3S/c1-15-10(16)6-9(11(17)18)19-12(15)14-8-4-2-7(13)3-5-8/h2-5,9H,6H2,1H3,(H,17,18)/p-1/t9-/m1/s1. The lowest BCUT2D eigenvalue weighted by molar-refractivity contribution is -0.304. The van der Waals surface area contributed by atoms with Crippen LogP contribution in [0, 0.1) is 0 Å². The first-order valence-corrected chi connectivity index (χ1v) is 7.13. The molecular formula is C12H10BrN2O3S-. The zero-order valence-electron chi connectivity index (χ0n) is 10.00. The van der Waals surface area contributed by atoms with E-state index in [1.807, 2.05) is 12.1 Å². The number of amidine groups is 1. The number of aliphatic carboxylic acids is 1. The maximum absolute atomic E-state index is 11.7. The van der Waals surface area contributed by atoms with Crippen molar-refractivity contribution in [3.8, 4) is 0 Å². The van der Waals surface area contributed by atoms with E-state index in [1.54, 1.807) is 19.2 Å². The molecule has 1 saturated heterocycles. The van der Waals surface area contributed by atoms with Gasteiger partial charge in [0.05, 0.1) is 16.9 Å². The van der Waals surface area contributed by atoms with Gasteiger partial charge < -0.3 is 9.90 Å². The first kappa shape index (κ1) is 14.1. The molecule has 0 saturated carbocycles. The van der Waals surface area contributed by atoms with Gasteiger partial charge in [-0.25, -0.2) is 4.99 Å². The van der Waals surface area contributed by atoms with E-state index in [0.29, 0.717) is 10.9 Å². The van der Waals surface area contributed by atoms with Crippen molar-refractivity contribution in [3.63, 3.8) is 0 Å². The number of benzene rings is 1. The monoisotopic (exact) mass is 341 g/mol. The van der Waals surface area contributed by atoms with Crippen LogP contribution in [0.3, 0.4) is 0 Å². The topological polar surface area (TPSA) is 72.8 Å². The molecule has 0 spiro atoms. The first-order valence-electron chi connectivity index (χ1n) is 5.45. The first-order chi connectivity index (χ1) is 8.97. The summed E-state index contributed by atoms with van der Waals surface area (Å²) in [5.41, 5.74) is 0.657. The van der Waals surface area contributed by atoms with Crippen molar-refractivity contribution in [2.24, 2.45) is 4.99 Å². The number of carbonyl (C=O) groups excluding carboxylic acids is 2. The van der Waals surface area contributed by atoms with Gasteiger partial charge in [0.1, 0.15) is 0 Å². The smallest absolute Gasteiger partial charge is 0.229 e. The molecule has 1 aliphatic rings. The summed E-state index contributed by atoms with van der Waals surface area (Å²) in [6.45, 7) is 0. The quantitative estimate of drug-likeness (QED) is 0.808. The lowest BCUT2D eigenvalue weighted by Crippen LogP contribution is -2.45. The molecule has 0 bridgehead atoms. The van der Waals surface area contributed by atoms with Gasteiger partial charge in [0.15, 0.2) is 5.17 Å². The van der Waals surface area contributed by atoms with Crippen molar-refractivity contribution in [1.29, 1.82) is 0 Å². The van der Waals surface area contributed by atoms with Crippen molar-refractivity contribution in [2.75, 3.05) is 7.05 Å². The average Bonchev–Trinajstić information content (AvgIpc) is 2.37. The molecule has 0 radical (unpaired) electrons. The minimum absolute atomic E-state index is 0.0666. The Balaban J connectivity index is 2.27. The predicted octanol–water partition coefficient (Wildman–Crippen LogP) is 1.15. The lowest BCUT2D eigenvalue weighted by Gasteiger charge is -2.29. The van der Waals surface area contributed by atoms with Crippen molar-refractivity contribution in [1.82, 2.24) is 4.90 Å². The second-order valence-corrected chi connectivity index (χ2v) is 6.04. The molecule has 1 aliphatic heterocycles. The highest BCUT2D eigenvalue weighted by molar-refractivity contribution is 9.10. The Kier molecular flexibility index (Phi) is 4.26. The van der Waals surface area contributed by atoms with Gasteiger partial charge in [-0.15, -0.1) is 0 Å². The highest BCUT2D eigenvalue weighted by atomic mass is 79.9. The van der Waals surface area contributed by atoms with E-state index < -0.39 is 11.2 Å². The number of amides is 1. The van der Waals surface area contributed by atoms with Gasteiger partial charge in [-0.3, -0.25) is 9.69 Å². The number of halogens is 1. The van der Waals surface area contributed by atoms with E-state index in [9.17, 15) is 14.7 Å². The molecule has 2 rings (SSSR count). The number of thioether (sulfide) groups is 1. The number of carbonyl (C=O) groups is 2. The average molecular weight is 342 g/mol. The maximum Gasteiger partial charge on any atom is 0.229 e. The fraction of sp³-hybridized carbons (Fsp3) is 0.250. The fourth-order valence-corrected chi connectivity index (χ4v) is 2.77. The molecule has 0 unspecified atom stereocenters. The molecule has 0 aliphatic carbocycles. The number of nitrogens with zero attached hydrogens (tertiary/aromatic N) is 2. The third kappa shape index (κ3) is 3.36. The number of aliphatic imine (C=N–C) groups is 1. The van der Waals surface area contributed by atoms with Crippen LogP contribution < -0.4 is 5.11 Å². The Hall–Kier alpha value is -1.34. The molecule has 1 fully saturated rings. The zero-order valence-corrected chi connectivity index (χ0v) is 12.4. The van der Waals surface area contributed by atoms with Crippen LogP contribution in [-0.2, 0) is 9.59 Å². The summed E-state index contributed by atoms with van der Waals surface area (Å²) in [5.74, 6) is -1.52. The summed E-state index contributed by atoms with van der Waals surface area (Å²) >= 11 is 4.35.